The maximum atomic E-state index is 13.1. The van der Waals surface area contributed by atoms with Crippen molar-refractivity contribution in [3.05, 3.63) is 39.9 Å². The lowest BCUT2D eigenvalue weighted by molar-refractivity contribution is -0.123. The number of hydrogen-bond donors (Lipinski definition) is 0. The quantitative estimate of drug-likeness (QED) is 0.440. The molecule has 9 heteroatoms. The molecule has 3 aliphatic rings. The minimum atomic E-state index is -1.91. The molecule has 4 atom stereocenters. The zero-order valence-electron chi connectivity index (χ0n) is 12.5. The molecule has 3 nitrogen and oxygen atoms in total. The van der Waals surface area contributed by atoms with Crippen LogP contribution in [-0.2, 0) is 9.59 Å². The molecule has 0 spiro atoms. The molecule has 25 heavy (non-hydrogen) atoms. The van der Waals surface area contributed by atoms with Crippen molar-refractivity contribution in [2.24, 2.45) is 11.8 Å². The maximum Gasteiger partial charge on any atom is 0.240 e. The van der Waals surface area contributed by atoms with E-state index in [1.54, 1.807) is 24.3 Å². The van der Waals surface area contributed by atoms with Crippen LogP contribution < -0.4 is 4.90 Å². The molecule has 1 heterocycles. The minimum absolute atomic E-state index is 0.0935. The lowest BCUT2D eigenvalue weighted by Crippen LogP contribution is -2.50. The Labute approximate surface area is 173 Å². The largest absolute Gasteiger partial charge is 0.274 e. The van der Waals surface area contributed by atoms with Crippen molar-refractivity contribution in [1.82, 2.24) is 0 Å². The van der Waals surface area contributed by atoms with Crippen LogP contribution in [0.4, 0.5) is 5.69 Å². The van der Waals surface area contributed by atoms with E-state index >= 15 is 0 Å². The van der Waals surface area contributed by atoms with Gasteiger partial charge in [0.2, 0.25) is 11.8 Å². The van der Waals surface area contributed by atoms with Gasteiger partial charge in [0.05, 0.1) is 27.6 Å². The topological polar surface area (TPSA) is 37.4 Å². The fraction of sp³-hybridized carbons (Fsp3) is 0.375. The summed E-state index contributed by atoms with van der Waals surface area (Å²) in [6, 6.07) is 6.91. The van der Waals surface area contributed by atoms with Crippen LogP contribution in [0, 0.1) is 18.8 Å². The van der Waals surface area contributed by atoms with Crippen molar-refractivity contribution in [2.45, 2.75) is 21.0 Å². The van der Waals surface area contributed by atoms with Gasteiger partial charge in [0.25, 0.3) is 0 Å². The number of aryl methyl sites for hydroxylation is 1. The monoisotopic (exact) mass is 457 g/mol. The molecule has 0 N–H and O–H groups in total. The summed E-state index contributed by atoms with van der Waals surface area (Å²) < 4.78 is -1.91. The second kappa shape index (κ2) is 5.21. The highest BCUT2D eigenvalue weighted by atomic mass is 35.5. The van der Waals surface area contributed by atoms with Crippen LogP contribution in [0.1, 0.15) is 5.56 Å². The SMILES string of the molecule is Cc1ccc(N2C(=O)[C@@H]3[C@@H](C2=O)[C@@]2(Cl)C(Cl)=C(Cl)[C@@]3(Cl)C2(Cl)Cl)cc1. The Morgan fingerprint density at radius 2 is 1.24 bits per heavy atom. The molecule has 0 radical (unpaired) electrons. The number of benzene rings is 1. The number of anilines is 1. The highest BCUT2D eigenvalue weighted by molar-refractivity contribution is 6.67. The number of amides is 2. The van der Waals surface area contributed by atoms with E-state index in [-0.39, 0.29) is 10.1 Å². The van der Waals surface area contributed by atoms with Gasteiger partial charge in [0.15, 0.2) is 4.33 Å². The first-order chi connectivity index (χ1) is 11.5. The van der Waals surface area contributed by atoms with E-state index in [0.717, 1.165) is 10.5 Å². The average molecular weight is 460 g/mol. The zero-order valence-corrected chi connectivity index (χ0v) is 17.0. The number of allylic oxidation sites excluding steroid dienone is 2. The third kappa shape index (κ3) is 1.78. The van der Waals surface area contributed by atoms with Crippen LogP contribution in [0.3, 0.4) is 0 Å². The number of halogens is 6. The molecule has 2 amide bonds. The lowest BCUT2D eigenvalue weighted by Gasteiger charge is -2.34. The molecule has 0 unspecified atom stereocenters. The Kier molecular flexibility index (Phi) is 3.80. The van der Waals surface area contributed by atoms with Gasteiger partial charge in [-0.05, 0) is 19.1 Å². The maximum absolute atomic E-state index is 13.1. The highest BCUT2D eigenvalue weighted by Gasteiger charge is 2.87. The second-order valence-electron chi connectivity index (χ2n) is 6.43. The molecule has 1 saturated heterocycles. The summed E-state index contributed by atoms with van der Waals surface area (Å²) in [6.07, 6.45) is 0. The van der Waals surface area contributed by atoms with Gasteiger partial charge in [-0.3, -0.25) is 9.59 Å². The van der Waals surface area contributed by atoms with Crippen molar-refractivity contribution in [3.63, 3.8) is 0 Å². The van der Waals surface area contributed by atoms with E-state index < -0.39 is 37.7 Å². The van der Waals surface area contributed by atoms with Gasteiger partial charge in [-0.25, -0.2) is 4.90 Å². The summed E-state index contributed by atoms with van der Waals surface area (Å²) in [5.74, 6) is -3.32. The number of alkyl halides is 4. The molecular formula is C16H9Cl6NO2. The number of carbonyl (C=O) groups is 2. The van der Waals surface area contributed by atoms with Crippen molar-refractivity contribution in [2.75, 3.05) is 4.90 Å². The fourth-order valence-corrected chi connectivity index (χ4v) is 6.87. The van der Waals surface area contributed by atoms with Gasteiger partial charge in [0, 0.05) is 0 Å². The number of hydrogen-bond acceptors (Lipinski definition) is 2. The summed E-state index contributed by atoms with van der Waals surface area (Å²) in [7, 11) is 0. The van der Waals surface area contributed by atoms with Gasteiger partial charge in [-0.2, -0.15) is 0 Å². The predicted molar refractivity (Wildman–Crippen MR) is 101 cm³/mol. The summed E-state index contributed by atoms with van der Waals surface area (Å²) in [5.41, 5.74) is 1.40. The molecule has 4 rings (SSSR count). The van der Waals surface area contributed by atoms with Gasteiger partial charge in [-0.15, -0.1) is 23.2 Å². The van der Waals surface area contributed by atoms with E-state index in [9.17, 15) is 9.59 Å². The number of carbonyl (C=O) groups excluding carboxylic acids is 2. The summed E-state index contributed by atoms with van der Waals surface area (Å²) >= 11 is 38.6. The Balaban J connectivity index is 1.90. The Hall–Kier alpha value is -0.160. The van der Waals surface area contributed by atoms with Gasteiger partial charge in [-0.1, -0.05) is 64.1 Å². The third-order valence-electron chi connectivity index (χ3n) is 5.20. The minimum Gasteiger partial charge on any atom is -0.274 e. The Morgan fingerprint density at radius 1 is 0.840 bits per heavy atom. The van der Waals surface area contributed by atoms with Crippen LogP contribution in [0.15, 0.2) is 34.3 Å². The average Bonchev–Trinajstić information content (AvgIpc) is 2.94. The lowest BCUT2D eigenvalue weighted by atomic mass is 9.84. The van der Waals surface area contributed by atoms with Crippen LogP contribution in [0.25, 0.3) is 0 Å². The summed E-state index contributed by atoms with van der Waals surface area (Å²) in [5, 5.41) is -0.187. The third-order valence-corrected chi connectivity index (χ3v) is 9.46. The van der Waals surface area contributed by atoms with Crippen molar-refractivity contribution >= 4 is 87.1 Å². The molecule has 2 bridgehead atoms. The fourth-order valence-electron chi connectivity index (χ4n) is 3.94. The molecule has 1 aromatic carbocycles. The molecule has 2 fully saturated rings. The first-order valence-electron chi connectivity index (χ1n) is 7.27. The van der Waals surface area contributed by atoms with Crippen LogP contribution in [-0.4, -0.2) is 25.9 Å². The van der Waals surface area contributed by atoms with E-state index in [1.807, 2.05) is 6.92 Å². The first kappa shape index (κ1) is 18.2. The van der Waals surface area contributed by atoms with Crippen molar-refractivity contribution in [1.29, 1.82) is 0 Å². The van der Waals surface area contributed by atoms with Crippen LogP contribution in [0.2, 0.25) is 0 Å². The number of nitrogens with zero attached hydrogens (tertiary/aromatic N) is 1. The van der Waals surface area contributed by atoms with Gasteiger partial charge in [0.1, 0.15) is 9.75 Å². The zero-order chi connectivity index (χ0) is 18.5. The molecule has 1 aliphatic heterocycles. The standard InChI is InChI=1S/C16H9Cl6NO2/c1-6-2-4-7(5-3-6)23-12(24)8-9(13(23)25)15(20)11(18)10(17)14(8,19)16(15,21)22/h2-5,8-9H,1H3/t8-,9-,14+,15+/m0/s1. The van der Waals surface area contributed by atoms with Crippen LogP contribution >= 0.6 is 69.6 Å². The molecule has 0 aromatic heterocycles. The Morgan fingerprint density at radius 3 is 1.64 bits per heavy atom. The normalized spacial score (nSPS) is 38.8. The second-order valence-corrected chi connectivity index (χ2v) is 9.70. The Bertz CT molecular complexity index is 820. The van der Waals surface area contributed by atoms with E-state index in [1.165, 1.54) is 0 Å². The molecule has 1 aromatic rings. The number of rotatable bonds is 1. The number of imide groups is 1. The van der Waals surface area contributed by atoms with E-state index in [4.69, 9.17) is 69.6 Å². The smallest absolute Gasteiger partial charge is 0.240 e. The molecule has 1 saturated carbocycles. The summed E-state index contributed by atoms with van der Waals surface area (Å²) in [6.45, 7) is 1.90. The number of fused-ring (bicyclic) bond motifs is 5. The molecule has 132 valence electrons. The molecular weight excluding hydrogens is 451 g/mol. The van der Waals surface area contributed by atoms with Crippen molar-refractivity contribution < 1.29 is 9.59 Å². The van der Waals surface area contributed by atoms with Crippen molar-refractivity contribution in [3.8, 4) is 0 Å². The van der Waals surface area contributed by atoms with Gasteiger partial charge >= 0.3 is 0 Å². The van der Waals surface area contributed by atoms with E-state index in [2.05, 4.69) is 0 Å². The first-order valence-corrected chi connectivity index (χ1v) is 9.54. The predicted octanol–water partition coefficient (Wildman–Crippen LogP) is 4.95. The van der Waals surface area contributed by atoms with Gasteiger partial charge < -0.3 is 0 Å². The molecule has 2 aliphatic carbocycles. The van der Waals surface area contributed by atoms with Crippen LogP contribution in [0.5, 0.6) is 0 Å². The van der Waals surface area contributed by atoms with E-state index in [0.29, 0.717) is 5.69 Å². The highest BCUT2D eigenvalue weighted by Crippen LogP contribution is 2.77. The summed E-state index contributed by atoms with van der Waals surface area (Å²) in [4.78, 5) is 23.7.